The molecule has 0 radical (unpaired) electrons. The highest BCUT2D eigenvalue weighted by molar-refractivity contribution is 5.93. The topological polar surface area (TPSA) is 52.8 Å². The number of nitrogens with zero attached hydrogens (tertiary/aromatic N) is 2. The molecule has 1 fully saturated rings. The van der Waals surface area contributed by atoms with Gasteiger partial charge < -0.3 is 24.7 Å². The van der Waals surface area contributed by atoms with Gasteiger partial charge in [-0.2, -0.15) is 0 Å². The summed E-state index contributed by atoms with van der Waals surface area (Å²) in [6, 6.07) is 13.0. The van der Waals surface area contributed by atoms with Crippen LogP contribution >= 0.6 is 0 Å². The molecule has 0 aliphatic carbocycles. The number of hydrogen-bond acceptors (Lipinski definition) is 5. The number of methoxy groups -OCH3 is 2. The van der Waals surface area contributed by atoms with Crippen LogP contribution in [0.5, 0.6) is 11.5 Å². The van der Waals surface area contributed by atoms with Crippen molar-refractivity contribution in [1.29, 1.82) is 0 Å². The van der Waals surface area contributed by atoms with Crippen LogP contribution in [-0.4, -0.2) is 70.4 Å². The third-order valence-corrected chi connectivity index (χ3v) is 6.49. The third kappa shape index (κ3) is 4.43. The summed E-state index contributed by atoms with van der Waals surface area (Å²) in [7, 11) is 5.37. The van der Waals surface area contributed by atoms with E-state index in [1.54, 1.807) is 14.2 Å². The maximum Gasteiger partial charge on any atom is 0.161 e. The van der Waals surface area contributed by atoms with E-state index in [2.05, 4.69) is 64.3 Å². The minimum Gasteiger partial charge on any atom is -0.493 e. The van der Waals surface area contributed by atoms with E-state index in [0.717, 1.165) is 62.0 Å². The predicted molar refractivity (Wildman–Crippen MR) is 134 cm³/mol. The first-order valence-corrected chi connectivity index (χ1v) is 11.6. The molecule has 1 aromatic heterocycles. The Labute approximate surface area is 191 Å². The van der Waals surface area contributed by atoms with Gasteiger partial charge in [0.25, 0.3) is 0 Å². The van der Waals surface area contributed by atoms with E-state index in [-0.39, 0.29) is 0 Å². The highest BCUT2D eigenvalue weighted by atomic mass is 16.5. The summed E-state index contributed by atoms with van der Waals surface area (Å²) < 4.78 is 11.0. The summed E-state index contributed by atoms with van der Waals surface area (Å²) in [5.74, 6) is 1.88. The molecule has 0 atom stereocenters. The first-order valence-electron chi connectivity index (χ1n) is 11.6. The second kappa shape index (κ2) is 9.84. The number of aromatic nitrogens is 1. The van der Waals surface area contributed by atoms with Crippen LogP contribution in [0.1, 0.15) is 25.3 Å². The molecule has 2 heterocycles. The molecule has 172 valence electrons. The highest BCUT2D eigenvalue weighted by Gasteiger charge is 2.21. The highest BCUT2D eigenvalue weighted by Crippen LogP contribution is 2.40. The lowest BCUT2D eigenvalue weighted by atomic mass is 9.95. The van der Waals surface area contributed by atoms with Gasteiger partial charge in [0.15, 0.2) is 11.5 Å². The van der Waals surface area contributed by atoms with Crippen LogP contribution in [0.15, 0.2) is 36.4 Å². The lowest BCUT2D eigenvalue weighted by molar-refractivity contribution is 0.260. The van der Waals surface area contributed by atoms with E-state index < -0.39 is 0 Å². The quantitative estimate of drug-likeness (QED) is 0.551. The minimum atomic E-state index is 0.389. The summed E-state index contributed by atoms with van der Waals surface area (Å²) >= 11 is 0. The van der Waals surface area contributed by atoms with E-state index in [1.807, 2.05) is 13.1 Å². The molecule has 3 aromatic rings. The summed E-state index contributed by atoms with van der Waals surface area (Å²) in [5, 5.41) is 4.56. The fraction of sp³-hybridized carbons (Fsp3) is 0.462. The predicted octanol–water partition coefficient (Wildman–Crippen LogP) is 4.32. The zero-order chi connectivity index (χ0) is 22.7. The normalized spacial score (nSPS) is 15.0. The maximum atomic E-state index is 5.55. The molecule has 32 heavy (non-hydrogen) atoms. The number of anilines is 1. The number of piperazine rings is 1. The van der Waals surface area contributed by atoms with Gasteiger partial charge in [0, 0.05) is 61.4 Å². The van der Waals surface area contributed by atoms with Crippen molar-refractivity contribution in [3.8, 4) is 22.8 Å². The average Bonchev–Trinajstić information content (AvgIpc) is 3.21. The van der Waals surface area contributed by atoms with Gasteiger partial charge in [-0.25, -0.2) is 0 Å². The zero-order valence-corrected chi connectivity index (χ0v) is 20.0. The van der Waals surface area contributed by atoms with Gasteiger partial charge in [-0.05, 0) is 54.9 Å². The molecule has 1 aliphatic heterocycles. The molecular formula is C26H36N4O2. The van der Waals surface area contributed by atoms with Crippen molar-refractivity contribution >= 4 is 16.6 Å². The molecule has 0 spiro atoms. The van der Waals surface area contributed by atoms with Crippen LogP contribution < -0.4 is 19.7 Å². The van der Waals surface area contributed by atoms with E-state index >= 15 is 0 Å². The van der Waals surface area contributed by atoms with Crippen molar-refractivity contribution in [3.63, 3.8) is 0 Å². The molecule has 6 heteroatoms. The molecule has 6 nitrogen and oxygen atoms in total. The van der Waals surface area contributed by atoms with Crippen LogP contribution in [0.3, 0.4) is 0 Å². The smallest absolute Gasteiger partial charge is 0.161 e. The van der Waals surface area contributed by atoms with E-state index in [1.165, 1.54) is 22.2 Å². The van der Waals surface area contributed by atoms with Gasteiger partial charge in [-0.1, -0.05) is 13.8 Å². The van der Waals surface area contributed by atoms with Crippen molar-refractivity contribution in [2.24, 2.45) is 0 Å². The second-order valence-corrected chi connectivity index (χ2v) is 8.80. The molecule has 1 saturated heterocycles. The molecule has 4 rings (SSSR count). The Morgan fingerprint density at radius 2 is 1.72 bits per heavy atom. The first kappa shape index (κ1) is 22.5. The van der Waals surface area contributed by atoms with Crippen molar-refractivity contribution in [1.82, 2.24) is 15.2 Å². The number of nitrogens with one attached hydrogen (secondary N) is 2. The van der Waals surface area contributed by atoms with Gasteiger partial charge in [0.1, 0.15) is 0 Å². The molecule has 2 aromatic carbocycles. The van der Waals surface area contributed by atoms with Crippen LogP contribution in [0.2, 0.25) is 0 Å². The van der Waals surface area contributed by atoms with E-state index in [4.69, 9.17) is 9.47 Å². The zero-order valence-electron chi connectivity index (χ0n) is 20.0. The molecule has 2 N–H and O–H groups in total. The lowest BCUT2D eigenvalue weighted by Gasteiger charge is -2.36. The van der Waals surface area contributed by atoms with E-state index in [0.29, 0.717) is 5.92 Å². The van der Waals surface area contributed by atoms with Crippen LogP contribution in [0.25, 0.3) is 22.2 Å². The standard InChI is InChI=1S/C26H36N4O2/c1-18(2)25-21-17-20(30-14-12-29(13-15-30)11-10-27-3)7-8-22(21)28-26(25)19-6-9-23(31-4)24(16-19)32-5/h6-9,16-18,27-28H,10-15H2,1-5H3. The fourth-order valence-electron chi connectivity index (χ4n) is 4.72. The Kier molecular flexibility index (Phi) is 6.92. The molecule has 0 bridgehead atoms. The fourth-order valence-corrected chi connectivity index (χ4v) is 4.72. The lowest BCUT2D eigenvalue weighted by Crippen LogP contribution is -2.48. The second-order valence-electron chi connectivity index (χ2n) is 8.80. The first-order chi connectivity index (χ1) is 15.5. The van der Waals surface area contributed by atoms with Crippen molar-refractivity contribution in [2.75, 3.05) is 65.4 Å². The average molecular weight is 437 g/mol. The Morgan fingerprint density at radius 3 is 2.38 bits per heavy atom. The largest absolute Gasteiger partial charge is 0.493 e. The molecule has 1 aliphatic rings. The number of rotatable bonds is 8. The van der Waals surface area contributed by atoms with Gasteiger partial charge >= 0.3 is 0 Å². The number of likely N-dealkylation sites (N-methyl/N-ethyl adjacent to an activating group) is 1. The molecule has 0 unspecified atom stereocenters. The van der Waals surface area contributed by atoms with Crippen LogP contribution in [0, 0.1) is 0 Å². The Balaban J connectivity index is 1.67. The van der Waals surface area contributed by atoms with Crippen molar-refractivity contribution in [3.05, 3.63) is 42.0 Å². The minimum absolute atomic E-state index is 0.389. The molecule has 0 saturated carbocycles. The monoisotopic (exact) mass is 436 g/mol. The van der Waals surface area contributed by atoms with Crippen molar-refractivity contribution < 1.29 is 9.47 Å². The Bertz CT molecular complexity index is 1050. The molecular weight excluding hydrogens is 400 g/mol. The Hall–Kier alpha value is -2.70. The third-order valence-electron chi connectivity index (χ3n) is 6.49. The summed E-state index contributed by atoms with van der Waals surface area (Å²) in [6.45, 7) is 11.1. The number of hydrogen-bond donors (Lipinski definition) is 2. The van der Waals surface area contributed by atoms with Gasteiger partial charge in [0.05, 0.1) is 19.9 Å². The van der Waals surface area contributed by atoms with Crippen LogP contribution in [0.4, 0.5) is 5.69 Å². The van der Waals surface area contributed by atoms with E-state index in [9.17, 15) is 0 Å². The number of benzene rings is 2. The number of fused-ring (bicyclic) bond motifs is 1. The van der Waals surface area contributed by atoms with Crippen molar-refractivity contribution in [2.45, 2.75) is 19.8 Å². The number of aromatic amines is 1. The maximum absolute atomic E-state index is 5.55. The SMILES string of the molecule is CNCCN1CCN(c2ccc3[nH]c(-c4ccc(OC)c(OC)c4)c(C(C)C)c3c2)CC1. The Morgan fingerprint density at radius 1 is 0.969 bits per heavy atom. The summed E-state index contributed by atoms with van der Waals surface area (Å²) in [6.07, 6.45) is 0. The summed E-state index contributed by atoms with van der Waals surface area (Å²) in [5.41, 5.74) is 6.11. The van der Waals surface area contributed by atoms with Crippen LogP contribution in [-0.2, 0) is 0 Å². The molecule has 0 amide bonds. The summed E-state index contributed by atoms with van der Waals surface area (Å²) in [4.78, 5) is 8.74. The van der Waals surface area contributed by atoms with Gasteiger partial charge in [-0.15, -0.1) is 0 Å². The van der Waals surface area contributed by atoms with Gasteiger partial charge in [0.2, 0.25) is 0 Å². The number of H-pyrrole nitrogens is 1. The van der Waals surface area contributed by atoms with Gasteiger partial charge in [-0.3, -0.25) is 4.90 Å². The number of ether oxygens (including phenoxy) is 2.